The quantitative estimate of drug-likeness (QED) is 0.834. The molecule has 1 saturated heterocycles. The normalized spacial score (nSPS) is 19.4. The van der Waals surface area contributed by atoms with Gasteiger partial charge in [-0.15, -0.1) is 0 Å². The summed E-state index contributed by atoms with van der Waals surface area (Å²) in [5.41, 5.74) is 0. The number of piperidine rings is 1. The third kappa shape index (κ3) is 3.06. The van der Waals surface area contributed by atoms with E-state index in [1.165, 1.54) is 0 Å². The minimum Gasteiger partial charge on any atom is -0.394 e. The Hall–Kier alpha value is -0.910. The molecule has 2 heterocycles. The molecule has 2 N–H and O–H groups in total. The Bertz CT molecular complexity index is 352. The number of halogens is 1. The second-order valence-electron chi connectivity index (χ2n) is 4.28. The standard InChI is InChI=1S/C11H16ClN3O2/c12-9-5-13-11(14-6-9)15-3-1-8(2-4-15)10(17)7-16/h5-6,8,10,16-17H,1-4,7H2. The van der Waals surface area contributed by atoms with Crippen molar-refractivity contribution in [2.45, 2.75) is 18.9 Å². The van der Waals surface area contributed by atoms with Crippen molar-refractivity contribution in [3.63, 3.8) is 0 Å². The van der Waals surface area contributed by atoms with Crippen molar-refractivity contribution in [3.8, 4) is 0 Å². The molecule has 17 heavy (non-hydrogen) atoms. The fourth-order valence-electron chi connectivity index (χ4n) is 2.10. The van der Waals surface area contributed by atoms with Crippen molar-refractivity contribution >= 4 is 17.5 Å². The zero-order valence-electron chi connectivity index (χ0n) is 9.46. The second kappa shape index (κ2) is 5.62. The number of rotatable bonds is 3. The first-order chi connectivity index (χ1) is 8.20. The molecule has 1 atom stereocenters. The molecule has 0 saturated carbocycles. The van der Waals surface area contributed by atoms with Crippen LogP contribution in [0.2, 0.25) is 5.02 Å². The van der Waals surface area contributed by atoms with Crippen LogP contribution in [-0.2, 0) is 0 Å². The van der Waals surface area contributed by atoms with Gasteiger partial charge in [-0.1, -0.05) is 11.6 Å². The molecule has 0 amide bonds. The number of anilines is 1. The number of aromatic nitrogens is 2. The molecular weight excluding hydrogens is 242 g/mol. The average molecular weight is 258 g/mol. The van der Waals surface area contributed by atoms with E-state index >= 15 is 0 Å². The molecule has 0 aromatic carbocycles. The van der Waals surface area contributed by atoms with Crippen LogP contribution >= 0.6 is 11.6 Å². The number of hydrogen-bond donors (Lipinski definition) is 2. The Balaban J connectivity index is 1.93. The van der Waals surface area contributed by atoms with Gasteiger partial charge in [0.05, 0.1) is 30.1 Å². The van der Waals surface area contributed by atoms with Gasteiger partial charge in [-0.3, -0.25) is 0 Å². The van der Waals surface area contributed by atoms with Crippen molar-refractivity contribution in [1.82, 2.24) is 9.97 Å². The Labute approximate surface area is 105 Å². The third-order valence-electron chi connectivity index (χ3n) is 3.16. The number of nitrogens with zero attached hydrogens (tertiary/aromatic N) is 3. The molecule has 1 unspecified atom stereocenters. The highest BCUT2D eigenvalue weighted by Crippen LogP contribution is 2.23. The highest BCUT2D eigenvalue weighted by Gasteiger charge is 2.25. The van der Waals surface area contributed by atoms with E-state index in [1.54, 1.807) is 12.4 Å². The highest BCUT2D eigenvalue weighted by atomic mass is 35.5. The SMILES string of the molecule is OCC(O)C1CCN(c2ncc(Cl)cn2)CC1. The summed E-state index contributed by atoms with van der Waals surface area (Å²) in [4.78, 5) is 10.4. The fourth-order valence-corrected chi connectivity index (χ4v) is 2.20. The average Bonchev–Trinajstić information content (AvgIpc) is 2.39. The monoisotopic (exact) mass is 257 g/mol. The van der Waals surface area contributed by atoms with E-state index in [-0.39, 0.29) is 12.5 Å². The van der Waals surface area contributed by atoms with Crippen LogP contribution in [0.1, 0.15) is 12.8 Å². The van der Waals surface area contributed by atoms with Crippen LogP contribution in [0.5, 0.6) is 0 Å². The van der Waals surface area contributed by atoms with Crippen LogP contribution < -0.4 is 4.90 Å². The van der Waals surface area contributed by atoms with Crippen molar-refractivity contribution in [3.05, 3.63) is 17.4 Å². The van der Waals surface area contributed by atoms with Crippen molar-refractivity contribution in [2.75, 3.05) is 24.6 Å². The zero-order valence-corrected chi connectivity index (χ0v) is 10.2. The Morgan fingerprint density at radius 2 is 1.94 bits per heavy atom. The first kappa shape index (κ1) is 12.5. The van der Waals surface area contributed by atoms with Crippen molar-refractivity contribution in [2.24, 2.45) is 5.92 Å². The number of aliphatic hydroxyl groups excluding tert-OH is 2. The molecule has 6 heteroatoms. The van der Waals surface area contributed by atoms with E-state index in [0.29, 0.717) is 11.0 Å². The number of aliphatic hydroxyl groups is 2. The molecule has 2 rings (SSSR count). The van der Waals surface area contributed by atoms with Crippen molar-refractivity contribution < 1.29 is 10.2 Å². The highest BCUT2D eigenvalue weighted by molar-refractivity contribution is 6.30. The lowest BCUT2D eigenvalue weighted by atomic mass is 9.92. The van der Waals surface area contributed by atoms with Gasteiger partial charge >= 0.3 is 0 Å². The van der Waals surface area contributed by atoms with Crippen LogP contribution in [0.4, 0.5) is 5.95 Å². The second-order valence-corrected chi connectivity index (χ2v) is 4.71. The first-order valence-corrected chi connectivity index (χ1v) is 6.10. The van der Waals surface area contributed by atoms with Crippen molar-refractivity contribution in [1.29, 1.82) is 0 Å². The van der Waals surface area contributed by atoms with Gasteiger partial charge in [-0.2, -0.15) is 0 Å². The van der Waals surface area contributed by atoms with Crippen LogP contribution in [0, 0.1) is 5.92 Å². The molecule has 1 fully saturated rings. The summed E-state index contributed by atoms with van der Waals surface area (Å²) in [6.07, 6.45) is 4.24. The Morgan fingerprint density at radius 3 is 2.47 bits per heavy atom. The number of hydrogen-bond acceptors (Lipinski definition) is 5. The minimum atomic E-state index is -0.608. The first-order valence-electron chi connectivity index (χ1n) is 5.72. The van der Waals surface area contributed by atoms with Gasteiger partial charge in [-0.05, 0) is 18.8 Å². The summed E-state index contributed by atoms with van der Waals surface area (Å²) < 4.78 is 0. The minimum absolute atomic E-state index is 0.165. The Kier molecular flexibility index (Phi) is 4.15. The van der Waals surface area contributed by atoms with Gasteiger partial charge < -0.3 is 15.1 Å². The zero-order chi connectivity index (χ0) is 12.3. The molecule has 1 aliphatic heterocycles. The summed E-state index contributed by atoms with van der Waals surface area (Å²) in [6.45, 7) is 1.43. The van der Waals surface area contributed by atoms with E-state index in [0.717, 1.165) is 25.9 Å². The molecule has 1 aliphatic rings. The van der Waals surface area contributed by atoms with Gasteiger partial charge in [0, 0.05) is 13.1 Å². The summed E-state index contributed by atoms with van der Waals surface area (Å²) in [5, 5.41) is 19.0. The molecule has 1 aromatic heterocycles. The maximum absolute atomic E-state index is 9.56. The van der Waals surface area contributed by atoms with E-state index < -0.39 is 6.10 Å². The molecule has 1 aromatic rings. The molecule has 5 nitrogen and oxygen atoms in total. The molecule has 0 bridgehead atoms. The van der Waals surface area contributed by atoms with Crippen LogP contribution in [0.15, 0.2) is 12.4 Å². The van der Waals surface area contributed by atoms with Gasteiger partial charge in [-0.25, -0.2) is 9.97 Å². The predicted molar refractivity (Wildman–Crippen MR) is 65.1 cm³/mol. The van der Waals surface area contributed by atoms with E-state index in [1.807, 2.05) is 0 Å². The maximum atomic E-state index is 9.56. The lowest BCUT2D eigenvalue weighted by Gasteiger charge is -2.33. The smallest absolute Gasteiger partial charge is 0.225 e. The molecule has 0 spiro atoms. The predicted octanol–water partition coefficient (Wildman–Crippen LogP) is 0.700. The maximum Gasteiger partial charge on any atom is 0.225 e. The molecular formula is C11H16ClN3O2. The van der Waals surface area contributed by atoms with Gasteiger partial charge in [0.15, 0.2) is 0 Å². The van der Waals surface area contributed by atoms with Crippen LogP contribution in [0.3, 0.4) is 0 Å². The third-order valence-corrected chi connectivity index (χ3v) is 3.36. The summed E-state index contributed by atoms with van der Waals surface area (Å²) in [7, 11) is 0. The van der Waals surface area contributed by atoms with Crippen LogP contribution in [-0.4, -0.2) is 46.0 Å². The van der Waals surface area contributed by atoms with E-state index in [4.69, 9.17) is 16.7 Å². The lowest BCUT2D eigenvalue weighted by molar-refractivity contribution is 0.0375. The molecule has 0 radical (unpaired) electrons. The van der Waals surface area contributed by atoms with E-state index in [9.17, 15) is 5.11 Å². The lowest BCUT2D eigenvalue weighted by Crippen LogP contribution is -2.39. The summed E-state index contributed by atoms with van der Waals surface area (Å²) in [5.74, 6) is 0.842. The Morgan fingerprint density at radius 1 is 1.35 bits per heavy atom. The molecule has 94 valence electrons. The van der Waals surface area contributed by atoms with Gasteiger partial charge in [0.25, 0.3) is 0 Å². The van der Waals surface area contributed by atoms with E-state index in [2.05, 4.69) is 14.9 Å². The molecule has 0 aliphatic carbocycles. The fraction of sp³-hybridized carbons (Fsp3) is 0.636. The summed E-state index contributed by atoms with van der Waals surface area (Å²) in [6, 6.07) is 0. The van der Waals surface area contributed by atoms with Gasteiger partial charge in [0.2, 0.25) is 5.95 Å². The van der Waals surface area contributed by atoms with Gasteiger partial charge in [0.1, 0.15) is 0 Å². The largest absolute Gasteiger partial charge is 0.394 e. The summed E-state index contributed by atoms with van der Waals surface area (Å²) >= 11 is 5.73. The van der Waals surface area contributed by atoms with Crippen LogP contribution in [0.25, 0.3) is 0 Å². The topological polar surface area (TPSA) is 69.5 Å².